The zero-order valence-corrected chi connectivity index (χ0v) is 12.9. The summed E-state index contributed by atoms with van der Waals surface area (Å²) in [6.07, 6.45) is 4.85. The van der Waals surface area contributed by atoms with E-state index in [-0.39, 0.29) is 5.91 Å². The average molecular weight is 274 g/mol. The van der Waals surface area contributed by atoms with Crippen LogP contribution in [-0.4, -0.2) is 19.0 Å². The van der Waals surface area contributed by atoms with Crippen molar-refractivity contribution in [1.82, 2.24) is 5.32 Å². The van der Waals surface area contributed by atoms with Crippen LogP contribution in [0.25, 0.3) is 0 Å². The SMILES string of the molecule is CCCNc1ccc(C(=O)NCC2(C)CCC2)cc1C. The van der Waals surface area contributed by atoms with Crippen LogP contribution in [-0.2, 0) is 0 Å². The fraction of sp³-hybridized carbons (Fsp3) is 0.588. The molecule has 0 spiro atoms. The van der Waals surface area contributed by atoms with Crippen LogP contribution in [0.15, 0.2) is 18.2 Å². The molecule has 0 aromatic heterocycles. The zero-order valence-electron chi connectivity index (χ0n) is 12.9. The number of carbonyl (C=O) groups is 1. The van der Waals surface area contributed by atoms with Crippen LogP contribution in [0.5, 0.6) is 0 Å². The van der Waals surface area contributed by atoms with E-state index in [1.54, 1.807) is 0 Å². The summed E-state index contributed by atoms with van der Waals surface area (Å²) in [5, 5.41) is 6.44. The Morgan fingerprint density at radius 1 is 1.35 bits per heavy atom. The molecule has 0 atom stereocenters. The second-order valence-corrected chi connectivity index (χ2v) is 6.30. The van der Waals surface area contributed by atoms with Crippen LogP contribution in [0, 0.1) is 12.3 Å². The monoisotopic (exact) mass is 274 g/mol. The van der Waals surface area contributed by atoms with Crippen molar-refractivity contribution in [3.63, 3.8) is 0 Å². The molecule has 1 aromatic carbocycles. The van der Waals surface area contributed by atoms with Gasteiger partial charge in [0.15, 0.2) is 0 Å². The molecular formula is C17H26N2O. The van der Waals surface area contributed by atoms with Gasteiger partial charge in [0.05, 0.1) is 0 Å². The molecule has 1 fully saturated rings. The molecule has 20 heavy (non-hydrogen) atoms. The number of hydrogen-bond acceptors (Lipinski definition) is 2. The minimum absolute atomic E-state index is 0.0447. The third kappa shape index (κ3) is 3.53. The van der Waals surface area contributed by atoms with Crippen molar-refractivity contribution in [2.24, 2.45) is 5.41 Å². The summed E-state index contributed by atoms with van der Waals surface area (Å²) in [7, 11) is 0. The lowest BCUT2D eigenvalue weighted by atomic mass is 9.70. The normalized spacial score (nSPS) is 16.4. The van der Waals surface area contributed by atoms with Gasteiger partial charge in [-0.2, -0.15) is 0 Å². The van der Waals surface area contributed by atoms with Gasteiger partial charge < -0.3 is 10.6 Å². The highest BCUT2D eigenvalue weighted by atomic mass is 16.1. The summed E-state index contributed by atoms with van der Waals surface area (Å²) in [6.45, 7) is 8.19. The molecular weight excluding hydrogens is 248 g/mol. The first kappa shape index (κ1) is 14.9. The first-order valence-electron chi connectivity index (χ1n) is 7.67. The summed E-state index contributed by atoms with van der Waals surface area (Å²) in [5.74, 6) is 0.0447. The quantitative estimate of drug-likeness (QED) is 0.829. The van der Waals surface area contributed by atoms with Crippen molar-refractivity contribution >= 4 is 11.6 Å². The molecule has 3 nitrogen and oxygen atoms in total. The minimum atomic E-state index is 0.0447. The van der Waals surface area contributed by atoms with Gasteiger partial charge >= 0.3 is 0 Å². The van der Waals surface area contributed by atoms with E-state index >= 15 is 0 Å². The van der Waals surface area contributed by atoms with Crippen LogP contribution >= 0.6 is 0 Å². The number of carbonyl (C=O) groups excluding carboxylic acids is 1. The van der Waals surface area contributed by atoms with E-state index in [1.165, 1.54) is 19.3 Å². The molecule has 0 bridgehead atoms. The molecule has 2 rings (SSSR count). The maximum absolute atomic E-state index is 12.2. The Morgan fingerprint density at radius 2 is 2.10 bits per heavy atom. The van der Waals surface area contributed by atoms with Crippen LogP contribution in [0.3, 0.4) is 0 Å². The van der Waals surface area contributed by atoms with Gasteiger partial charge in [0.25, 0.3) is 5.91 Å². The van der Waals surface area contributed by atoms with E-state index in [9.17, 15) is 4.79 Å². The number of hydrogen-bond donors (Lipinski definition) is 2. The van der Waals surface area contributed by atoms with Crippen molar-refractivity contribution in [3.8, 4) is 0 Å². The van der Waals surface area contributed by atoms with Crippen LogP contribution in [0.1, 0.15) is 55.5 Å². The molecule has 1 aromatic rings. The van der Waals surface area contributed by atoms with E-state index in [4.69, 9.17) is 0 Å². The Kier molecular flexibility index (Phi) is 4.69. The Labute approximate surface area is 122 Å². The Bertz CT molecular complexity index is 478. The van der Waals surface area contributed by atoms with Crippen molar-refractivity contribution in [2.75, 3.05) is 18.4 Å². The van der Waals surface area contributed by atoms with Gasteiger partial charge in [-0.25, -0.2) is 0 Å². The highest BCUT2D eigenvalue weighted by molar-refractivity contribution is 5.94. The summed E-state index contributed by atoms with van der Waals surface area (Å²) in [4.78, 5) is 12.2. The van der Waals surface area contributed by atoms with Gasteiger partial charge in [0.1, 0.15) is 0 Å². The fourth-order valence-corrected chi connectivity index (χ4v) is 2.62. The van der Waals surface area contributed by atoms with E-state index in [0.29, 0.717) is 5.41 Å². The largest absolute Gasteiger partial charge is 0.385 e. The Hall–Kier alpha value is -1.51. The van der Waals surface area contributed by atoms with E-state index in [0.717, 1.165) is 36.3 Å². The highest BCUT2D eigenvalue weighted by Crippen LogP contribution is 2.39. The average Bonchev–Trinajstić information content (AvgIpc) is 2.41. The number of anilines is 1. The van der Waals surface area contributed by atoms with Crippen molar-refractivity contribution < 1.29 is 4.79 Å². The minimum Gasteiger partial charge on any atom is -0.385 e. The first-order chi connectivity index (χ1) is 9.54. The lowest BCUT2D eigenvalue weighted by Crippen LogP contribution is -2.39. The highest BCUT2D eigenvalue weighted by Gasteiger charge is 2.31. The maximum atomic E-state index is 12.2. The fourth-order valence-electron chi connectivity index (χ4n) is 2.62. The molecule has 1 amide bonds. The molecule has 0 unspecified atom stereocenters. The van der Waals surface area contributed by atoms with Gasteiger partial charge in [0.2, 0.25) is 0 Å². The molecule has 1 saturated carbocycles. The van der Waals surface area contributed by atoms with Crippen molar-refractivity contribution in [2.45, 2.75) is 46.5 Å². The molecule has 0 saturated heterocycles. The molecule has 3 heteroatoms. The number of rotatable bonds is 6. The van der Waals surface area contributed by atoms with Crippen LogP contribution in [0.2, 0.25) is 0 Å². The molecule has 1 aliphatic rings. The number of benzene rings is 1. The second-order valence-electron chi connectivity index (χ2n) is 6.30. The zero-order chi connectivity index (χ0) is 14.6. The maximum Gasteiger partial charge on any atom is 0.251 e. The van der Waals surface area contributed by atoms with Gasteiger partial charge in [-0.3, -0.25) is 4.79 Å². The standard InChI is InChI=1S/C17H26N2O/c1-4-10-18-15-7-6-14(11-13(15)2)16(20)19-12-17(3)8-5-9-17/h6-7,11,18H,4-5,8-10,12H2,1-3H3,(H,19,20). The molecule has 1 aliphatic carbocycles. The second kappa shape index (κ2) is 6.29. The van der Waals surface area contributed by atoms with Gasteiger partial charge in [-0.15, -0.1) is 0 Å². The van der Waals surface area contributed by atoms with Crippen molar-refractivity contribution in [3.05, 3.63) is 29.3 Å². The number of amides is 1. The first-order valence-corrected chi connectivity index (χ1v) is 7.67. The summed E-state index contributed by atoms with van der Waals surface area (Å²) < 4.78 is 0. The van der Waals surface area contributed by atoms with Gasteiger partial charge in [-0.1, -0.05) is 20.3 Å². The van der Waals surface area contributed by atoms with Gasteiger partial charge in [-0.05, 0) is 55.4 Å². The summed E-state index contributed by atoms with van der Waals surface area (Å²) in [6, 6.07) is 5.88. The third-order valence-corrected chi connectivity index (χ3v) is 4.29. The van der Waals surface area contributed by atoms with E-state index in [2.05, 4.69) is 24.5 Å². The molecule has 0 heterocycles. The summed E-state index contributed by atoms with van der Waals surface area (Å²) in [5.41, 5.74) is 3.33. The molecule has 0 radical (unpaired) electrons. The predicted octanol–water partition coefficient (Wildman–Crippen LogP) is 3.74. The van der Waals surface area contributed by atoms with Crippen LogP contribution in [0.4, 0.5) is 5.69 Å². The number of aryl methyl sites for hydroxylation is 1. The van der Waals surface area contributed by atoms with E-state index < -0.39 is 0 Å². The Morgan fingerprint density at radius 3 is 2.65 bits per heavy atom. The smallest absolute Gasteiger partial charge is 0.251 e. The van der Waals surface area contributed by atoms with Gasteiger partial charge in [0, 0.05) is 24.3 Å². The lowest BCUT2D eigenvalue weighted by molar-refractivity contribution is 0.0890. The summed E-state index contributed by atoms with van der Waals surface area (Å²) >= 11 is 0. The van der Waals surface area contributed by atoms with Crippen LogP contribution < -0.4 is 10.6 Å². The molecule has 2 N–H and O–H groups in total. The lowest BCUT2D eigenvalue weighted by Gasteiger charge is -2.38. The van der Waals surface area contributed by atoms with Crippen molar-refractivity contribution in [1.29, 1.82) is 0 Å². The third-order valence-electron chi connectivity index (χ3n) is 4.29. The number of nitrogens with one attached hydrogen (secondary N) is 2. The van der Waals surface area contributed by atoms with E-state index in [1.807, 2.05) is 25.1 Å². The predicted molar refractivity (Wildman–Crippen MR) is 84.3 cm³/mol. The molecule has 110 valence electrons. The topological polar surface area (TPSA) is 41.1 Å². The Balaban J connectivity index is 1.94. The molecule has 0 aliphatic heterocycles.